The lowest BCUT2D eigenvalue weighted by Gasteiger charge is -2.15. The SMILES string of the molecule is COC(=O)c1ccc(=O)n(CC(=O)NC(C)c2ccccc2)c1. The minimum absolute atomic E-state index is 0.166. The van der Waals surface area contributed by atoms with Crippen molar-refractivity contribution in [1.29, 1.82) is 0 Å². The molecule has 0 fully saturated rings. The Morgan fingerprint density at radius 1 is 1.17 bits per heavy atom. The normalized spacial score (nSPS) is 11.6. The van der Waals surface area contributed by atoms with Crippen LogP contribution in [0.5, 0.6) is 0 Å². The van der Waals surface area contributed by atoms with E-state index in [1.165, 1.54) is 30.0 Å². The zero-order valence-corrected chi connectivity index (χ0v) is 13.0. The molecular formula is C17H18N2O4. The van der Waals surface area contributed by atoms with Crippen LogP contribution >= 0.6 is 0 Å². The van der Waals surface area contributed by atoms with Gasteiger partial charge in [0.25, 0.3) is 5.56 Å². The van der Waals surface area contributed by atoms with E-state index in [2.05, 4.69) is 10.1 Å². The lowest BCUT2D eigenvalue weighted by atomic mass is 10.1. The molecule has 1 aromatic heterocycles. The molecule has 1 amide bonds. The van der Waals surface area contributed by atoms with Gasteiger partial charge in [0.05, 0.1) is 18.7 Å². The Bertz CT molecular complexity index is 753. The molecule has 23 heavy (non-hydrogen) atoms. The van der Waals surface area contributed by atoms with Crippen molar-refractivity contribution in [3.8, 4) is 0 Å². The Kier molecular flexibility index (Phi) is 5.30. The van der Waals surface area contributed by atoms with Gasteiger partial charge in [0.2, 0.25) is 5.91 Å². The van der Waals surface area contributed by atoms with Crippen molar-refractivity contribution in [3.05, 3.63) is 70.1 Å². The highest BCUT2D eigenvalue weighted by atomic mass is 16.5. The second kappa shape index (κ2) is 7.40. The van der Waals surface area contributed by atoms with E-state index >= 15 is 0 Å². The fourth-order valence-corrected chi connectivity index (χ4v) is 2.16. The number of methoxy groups -OCH3 is 1. The third kappa shape index (κ3) is 4.29. The highest BCUT2D eigenvalue weighted by Gasteiger charge is 2.12. The number of benzene rings is 1. The first-order valence-electron chi connectivity index (χ1n) is 7.14. The van der Waals surface area contributed by atoms with E-state index in [0.717, 1.165) is 5.56 Å². The molecule has 2 rings (SSSR count). The van der Waals surface area contributed by atoms with Crippen molar-refractivity contribution < 1.29 is 14.3 Å². The van der Waals surface area contributed by atoms with Crippen LogP contribution in [0.25, 0.3) is 0 Å². The first-order chi connectivity index (χ1) is 11.0. The van der Waals surface area contributed by atoms with Crippen LogP contribution in [0.4, 0.5) is 0 Å². The number of aromatic nitrogens is 1. The minimum Gasteiger partial charge on any atom is -0.465 e. The lowest BCUT2D eigenvalue weighted by Crippen LogP contribution is -2.33. The molecule has 1 unspecified atom stereocenters. The molecule has 0 aliphatic heterocycles. The summed E-state index contributed by atoms with van der Waals surface area (Å²) in [7, 11) is 1.26. The first kappa shape index (κ1) is 16.5. The number of nitrogens with one attached hydrogen (secondary N) is 1. The number of nitrogens with zero attached hydrogens (tertiary/aromatic N) is 1. The monoisotopic (exact) mass is 314 g/mol. The van der Waals surface area contributed by atoms with Crippen LogP contribution in [0, 0.1) is 0 Å². The van der Waals surface area contributed by atoms with E-state index in [-0.39, 0.29) is 29.6 Å². The van der Waals surface area contributed by atoms with Crippen LogP contribution in [-0.4, -0.2) is 23.6 Å². The zero-order chi connectivity index (χ0) is 16.8. The van der Waals surface area contributed by atoms with Gasteiger partial charge in [-0.05, 0) is 18.6 Å². The maximum absolute atomic E-state index is 12.1. The summed E-state index contributed by atoms with van der Waals surface area (Å²) in [4.78, 5) is 35.4. The highest BCUT2D eigenvalue weighted by Crippen LogP contribution is 2.10. The first-order valence-corrected chi connectivity index (χ1v) is 7.14. The average molecular weight is 314 g/mol. The largest absolute Gasteiger partial charge is 0.465 e. The van der Waals surface area contributed by atoms with Crippen molar-refractivity contribution in [2.75, 3.05) is 7.11 Å². The van der Waals surface area contributed by atoms with Gasteiger partial charge < -0.3 is 14.6 Å². The van der Waals surface area contributed by atoms with Crippen LogP contribution < -0.4 is 10.9 Å². The number of carbonyl (C=O) groups excluding carboxylic acids is 2. The highest BCUT2D eigenvalue weighted by molar-refractivity contribution is 5.89. The van der Waals surface area contributed by atoms with Crippen molar-refractivity contribution >= 4 is 11.9 Å². The third-order valence-electron chi connectivity index (χ3n) is 3.40. The smallest absolute Gasteiger partial charge is 0.339 e. The molecule has 0 saturated carbocycles. The Labute approximate surface area is 133 Å². The molecule has 1 atom stereocenters. The molecule has 6 nitrogen and oxygen atoms in total. The fraction of sp³-hybridized carbons (Fsp3) is 0.235. The minimum atomic E-state index is -0.559. The number of ether oxygens (including phenoxy) is 1. The van der Waals surface area contributed by atoms with Gasteiger partial charge in [0.15, 0.2) is 0 Å². The van der Waals surface area contributed by atoms with Gasteiger partial charge in [0.1, 0.15) is 6.54 Å². The lowest BCUT2D eigenvalue weighted by molar-refractivity contribution is -0.122. The van der Waals surface area contributed by atoms with Gasteiger partial charge in [-0.2, -0.15) is 0 Å². The molecule has 120 valence electrons. The summed E-state index contributed by atoms with van der Waals surface area (Å²) in [5.74, 6) is -0.873. The van der Waals surface area contributed by atoms with Crippen molar-refractivity contribution in [2.24, 2.45) is 0 Å². The molecular weight excluding hydrogens is 296 g/mol. The molecule has 0 spiro atoms. The third-order valence-corrected chi connectivity index (χ3v) is 3.40. The van der Waals surface area contributed by atoms with Crippen LogP contribution in [0.15, 0.2) is 53.5 Å². The van der Waals surface area contributed by atoms with E-state index in [4.69, 9.17) is 0 Å². The van der Waals surface area contributed by atoms with Crippen LogP contribution in [0.1, 0.15) is 28.9 Å². The zero-order valence-electron chi connectivity index (χ0n) is 13.0. The number of rotatable bonds is 5. The van der Waals surface area contributed by atoms with Gasteiger partial charge in [-0.15, -0.1) is 0 Å². The summed E-state index contributed by atoms with van der Waals surface area (Å²) in [5.41, 5.74) is 0.827. The van der Waals surface area contributed by atoms with Gasteiger partial charge in [-0.1, -0.05) is 30.3 Å². The van der Waals surface area contributed by atoms with E-state index in [9.17, 15) is 14.4 Å². The molecule has 2 aromatic rings. The molecule has 0 aliphatic carbocycles. The summed E-state index contributed by atoms with van der Waals surface area (Å²) >= 11 is 0. The van der Waals surface area contributed by atoms with E-state index in [1.54, 1.807) is 0 Å². The quantitative estimate of drug-likeness (QED) is 0.849. The van der Waals surface area contributed by atoms with E-state index in [1.807, 2.05) is 37.3 Å². The van der Waals surface area contributed by atoms with E-state index in [0.29, 0.717) is 0 Å². The summed E-state index contributed by atoms with van der Waals surface area (Å²) in [6.45, 7) is 1.70. The maximum Gasteiger partial charge on any atom is 0.339 e. The van der Waals surface area contributed by atoms with Crippen LogP contribution in [0.2, 0.25) is 0 Å². The predicted molar refractivity (Wildman–Crippen MR) is 85.0 cm³/mol. The average Bonchev–Trinajstić information content (AvgIpc) is 2.56. The number of hydrogen-bond acceptors (Lipinski definition) is 4. The summed E-state index contributed by atoms with van der Waals surface area (Å²) in [6.07, 6.45) is 1.32. The standard InChI is InChI=1S/C17H18N2O4/c1-12(13-6-4-3-5-7-13)18-15(20)11-19-10-14(17(22)23-2)8-9-16(19)21/h3-10,12H,11H2,1-2H3,(H,18,20). The van der Waals surface area contributed by atoms with Gasteiger partial charge in [0, 0.05) is 12.3 Å². The summed E-state index contributed by atoms with van der Waals surface area (Å²) < 4.78 is 5.78. The number of amides is 1. The van der Waals surface area contributed by atoms with Crippen LogP contribution in [-0.2, 0) is 16.1 Å². The number of hydrogen-bond donors (Lipinski definition) is 1. The molecule has 0 saturated heterocycles. The fourth-order valence-electron chi connectivity index (χ4n) is 2.16. The second-order valence-electron chi connectivity index (χ2n) is 5.08. The topological polar surface area (TPSA) is 77.4 Å². The van der Waals surface area contributed by atoms with Gasteiger partial charge in [-0.3, -0.25) is 9.59 Å². The number of carbonyl (C=O) groups is 2. The van der Waals surface area contributed by atoms with Crippen molar-refractivity contribution in [2.45, 2.75) is 19.5 Å². The maximum atomic E-state index is 12.1. The predicted octanol–water partition coefficient (Wildman–Crippen LogP) is 1.51. The molecule has 6 heteroatoms. The molecule has 0 aliphatic rings. The molecule has 1 N–H and O–H groups in total. The second-order valence-corrected chi connectivity index (χ2v) is 5.08. The Morgan fingerprint density at radius 2 is 1.87 bits per heavy atom. The molecule has 0 bridgehead atoms. The van der Waals surface area contributed by atoms with Gasteiger partial charge >= 0.3 is 5.97 Å². The summed E-state index contributed by atoms with van der Waals surface area (Å²) in [5, 5.41) is 2.82. The summed E-state index contributed by atoms with van der Waals surface area (Å²) in [6, 6.07) is 11.9. The Hall–Kier alpha value is -2.89. The number of esters is 1. The van der Waals surface area contributed by atoms with Crippen LogP contribution in [0.3, 0.4) is 0 Å². The number of pyridine rings is 1. The van der Waals surface area contributed by atoms with Crippen molar-refractivity contribution in [3.63, 3.8) is 0 Å². The molecule has 1 heterocycles. The van der Waals surface area contributed by atoms with Gasteiger partial charge in [-0.25, -0.2) is 4.79 Å². The van der Waals surface area contributed by atoms with Crippen molar-refractivity contribution in [1.82, 2.24) is 9.88 Å². The van der Waals surface area contributed by atoms with E-state index < -0.39 is 5.97 Å². The Balaban J connectivity index is 2.08. The Morgan fingerprint density at radius 3 is 2.52 bits per heavy atom. The molecule has 0 radical (unpaired) electrons. The molecule has 1 aromatic carbocycles.